The van der Waals surface area contributed by atoms with E-state index in [2.05, 4.69) is 62.2 Å². The van der Waals surface area contributed by atoms with Crippen molar-refractivity contribution >= 4 is 0 Å². The SMILES string of the molecule is CC(C)CNCc1cn(CCN(C)CC(C)(C)C)nn1. The minimum absolute atomic E-state index is 0.336. The van der Waals surface area contributed by atoms with Gasteiger partial charge in [0.25, 0.3) is 0 Å². The van der Waals surface area contributed by atoms with E-state index in [0.29, 0.717) is 11.3 Å². The van der Waals surface area contributed by atoms with Crippen molar-refractivity contribution in [1.82, 2.24) is 25.2 Å². The van der Waals surface area contributed by atoms with E-state index < -0.39 is 0 Å². The van der Waals surface area contributed by atoms with Gasteiger partial charge in [-0.1, -0.05) is 39.8 Å². The Bertz CT molecular complexity index is 378. The molecule has 20 heavy (non-hydrogen) atoms. The minimum Gasteiger partial charge on any atom is -0.311 e. The van der Waals surface area contributed by atoms with Crippen LogP contribution in [0.4, 0.5) is 0 Å². The number of nitrogens with one attached hydrogen (secondary N) is 1. The lowest BCUT2D eigenvalue weighted by atomic mass is 9.96. The molecule has 1 aromatic rings. The fraction of sp³-hybridized carbons (Fsp3) is 0.867. The molecule has 5 heteroatoms. The topological polar surface area (TPSA) is 46.0 Å². The van der Waals surface area contributed by atoms with Crippen molar-refractivity contribution in [3.05, 3.63) is 11.9 Å². The molecule has 116 valence electrons. The Morgan fingerprint density at radius 3 is 2.65 bits per heavy atom. The van der Waals surface area contributed by atoms with Gasteiger partial charge in [-0.2, -0.15) is 0 Å². The third-order valence-electron chi connectivity index (χ3n) is 2.90. The van der Waals surface area contributed by atoms with Crippen molar-refractivity contribution in [3.63, 3.8) is 0 Å². The molecule has 5 nitrogen and oxygen atoms in total. The molecular formula is C15H31N5. The maximum absolute atomic E-state index is 4.20. The van der Waals surface area contributed by atoms with Gasteiger partial charge in [-0.25, -0.2) is 0 Å². The molecule has 1 heterocycles. The van der Waals surface area contributed by atoms with Gasteiger partial charge >= 0.3 is 0 Å². The monoisotopic (exact) mass is 281 g/mol. The quantitative estimate of drug-likeness (QED) is 0.792. The summed E-state index contributed by atoms with van der Waals surface area (Å²) in [7, 11) is 2.16. The molecule has 0 radical (unpaired) electrons. The zero-order valence-electron chi connectivity index (χ0n) is 14.0. The first-order valence-electron chi connectivity index (χ1n) is 7.54. The fourth-order valence-electron chi connectivity index (χ4n) is 2.18. The van der Waals surface area contributed by atoms with Crippen LogP contribution >= 0.6 is 0 Å². The average Bonchev–Trinajstić information content (AvgIpc) is 2.71. The summed E-state index contributed by atoms with van der Waals surface area (Å²) in [5.41, 5.74) is 1.35. The van der Waals surface area contributed by atoms with Gasteiger partial charge in [-0.3, -0.25) is 4.68 Å². The highest BCUT2D eigenvalue weighted by atomic mass is 15.4. The van der Waals surface area contributed by atoms with Crippen LogP contribution in [-0.4, -0.2) is 46.6 Å². The first-order valence-corrected chi connectivity index (χ1v) is 7.54. The van der Waals surface area contributed by atoms with E-state index in [-0.39, 0.29) is 0 Å². The molecule has 0 spiro atoms. The van der Waals surface area contributed by atoms with Gasteiger partial charge in [-0.15, -0.1) is 5.10 Å². The Hall–Kier alpha value is -0.940. The van der Waals surface area contributed by atoms with Crippen molar-refractivity contribution in [2.24, 2.45) is 11.3 Å². The lowest BCUT2D eigenvalue weighted by Crippen LogP contribution is -2.31. The Morgan fingerprint density at radius 1 is 1.35 bits per heavy atom. The standard InChI is InChI=1S/C15H31N5/c1-13(2)9-16-10-14-11-20(18-17-14)8-7-19(6)12-15(3,4)5/h11,13,16H,7-10,12H2,1-6H3. The maximum Gasteiger partial charge on any atom is 0.0964 e. The molecule has 0 aliphatic carbocycles. The summed E-state index contributed by atoms with van der Waals surface area (Å²) in [5.74, 6) is 0.663. The molecular weight excluding hydrogens is 250 g/mol. The van der Waals surface area contributed by atoms with Crippen molar-refractivity contribution in [2.75, 3.05) is 26.7 Å². The van der Waals surface area contributed by atoms with Crippen molar-refractivity contribution in [3.8, 4) is 0 Å². The first kappa shape index (κ1) is 17.1. The summed E-state index contributed by atoms with van der Waals surface area (Å²) < 4.78 is 1.94. The zero-order chi connectivity index (χ0) is 15.2. The normalized spacial score (nSPS) is 12.6. The van der Waals surface area contributed by atoms with Crippen molar-refractivity contribution < 1.29 is 0 Å². The minimum atomic E-state index is 0.336. The second-order valence-corrected chi connectivity index (χ2v) is 7.30. The van der Waals surface area contributed by atoms with Crippen LogP contribution in [0.5, 0.6) is 0 Å². The smallest absolute Gasteiger partial charge is 0.0964 e. The number of nitrogens with zero attached hydrogens (tertiary/aromatic N) is 4. The Kier molecular flexibility index (Phi) is 6.62. The van der Waals surface area contributed by atoms with Gasteiger partial charge < -0.3 is 10.2 Å². The van der Waals surface area contributed by atoms with Crippen LogP contribution in [0.2, 0.25) is 0 Å². The van der Waals surface area contributed by atoms with Crippen LogP contribution in [0.25, 0.3) is 0 Å². The first-order chi connectivity index (χ1) is 9.26. The molecule has 0 aromatic carbocycles. The third kappa shape index (κ3) is 7.60. The number of rotatable bonds is 8. The Labute approximate surface area is 123 Å². The van der Waals surface area contributed by atoms with E-state index in [0.717, 1.165) is 38.4 Å². The van der Waals surface area contributed by atoms with Gasteiger partial charge in [0.05, 0.1) is 12.2 Å². The third-order valence-corrected chi connectivity index (χ3v) is 2.90. The van der Waals surface area contributed by atoms with Crippen LogP contribution in [0.3, 0.4) is 0 Å². The highest BCUT2D eigenvalue weighted by molar-refractivity contribution is 4.91. The molecule has 0 saturated heterocycles. The lowest BCUT2D eigenvalue weighted by Gasteiger charge is -2.26. The predicted octanol–water partition coefficient (Wildman–Crippen LogP) is 2.00. The zero-order valence-corrected chi connectivity index (χ0v) is 14.0. The van der Waals surface area contributed by atoms with Crippen LogP contribution in [0, 0.1) is 11.3 Å². The largest absolute Gasteiger partial charge is 0.311 e. The van der Waals surface area contributed by atoms with Gasteiger partial charge in [0.1, 0.15) is 0 Å². The van der Waals surface area contributed by atoms with Crippen LogP contribution in [-0.2, 0) is 13.1 Å². The molecule has 1 rings (SSSR count). The number of hydrogen-bond donors (Lipinski definition) is 1. The fourth-order valence-corrected chi connectivity index (χ4v) is 2.18. The lowest BCUT2D eigenvalue weighted by molar-refractivity contribution is 0.218. The number of aromatic nitrogens is 3. The molecule has 0 aliphatic heterocycles. The van der Waals surface area contributed by atoms with Gasteiger partial charge in [0.15, 0.2) is 0 Å². The average molecular weight is 281 g/mol. The molecule has 1 aromatic heterocycles. The molecule has 0 atom stereocenters. The summed E-state index contributed by atoms with van der Waals surface area (Å²) in [5, 5.41) is 11.8. The van der Waals surface area contributed by atoms with Crippen LogP contribution in [0.1, 0.15) is 40.3 Å². The second kappa shape index (κ2) is 7.74. The van der Waals surface area contributed by atoms with E-state index in [1.54, 1.807) is 0 Å². The highest BCUT2D eigenvalue weighted by Gasteiger charge is 2.13. The molecule has 0 aliphatic rings. The molecule has 0 unspecified atom stereocenters. The van der Waals surface area contributed by atoms with Gasteiger partial charge in [-0.05, 0) is 24.9 Å². The summed E-state index contributed by atoms with van der Waals surface area (Å²) in [4.78, 5) is 2.35. The van der Waals surface area contributed by atoms with Gasteiger partial charge in [0.2, 0.25) is 0 Å². The van der Waals surface area contributed by atoms with E-state index in [1.165, 1.54) is 0 Å². The Morgan fingerprint density at radius 2 is 2.05 bits per heavy atom. The predicted molar refractivity (Wildman–Crippen MR) is 83.5 cm³/mol. The molecule has 0 amide bonds. The molecule has 0 fully saturated rings. The second-order valence-electron chi connectivity index (χ2n) is 7.30. The molecule has 0 saturated carbocycles. The Balaban J connectivity index is 2.29. The van der Waals surface area contributed by atoms with E-state index >= 15 is 0 Å². The van der Waals surface area contributed by atoms with E-state index in [9.17, 15) is 0 Å². The van der Waals surface area contributed by atoms with Crippen LogP contribution < -0.4 is 5.32 Å². The van der Waals surface area contributed by atoms with E-state index in [4.69, 9.17) is 0 Å². The van der Waals surface area contributed by atoms with E-state index in [1.807, 2.05) is 10.9 Å². The molecule has 1 N–H and O–H groups in total. The molecule has 0 bridgehead atoms. The number of hydrogen-bond acceptors (Lipinski definition) is 4. The van der Waals surface area contributed by atoms with Crippen LogP contribution in [0.15, 0.2) is 6.20 Å². The maximum atomic E-state index is 4.20. The van der Waals surface area contributed by atoms with Crippen molar-refractivity contribution in [2.45, 2.75) is 47.7 Å². The van der Waals surface area contributed by atoms with Crippen molar-refractivity contribution in [1.29, 1.82) is 0 Å². The van der Waals surface area contributed by atoms with Gasteiger partial charge in [0, 0.05) is 25.8 Å². The summed E-state index contributed by atoms with van der Waals surface area (Å²) in [6, 6.07) is 0. The summed E-state index contributed by atoms with van der Waals surface area (Å²) in [6.07, 6.45) is 2.04. The highest BCUT2D eigenvalue weighted by Crippen LogP contribution is 2.13. The summed E-state index contributed by atoms with van der Waals surface area (Å²) in [6.45, 7) is 16.0. The summed E-state index contributed by atoms with van der Waals surface area (Å²) >= 11 is 0. The number of likely N-dealkylation sites (N-methyl/N-ethyl adjacent to an activating group) is 1.